The molecular formula is C22H27ClF3N3O2S. The molecule has 3 rings (SSSR count). The Bertz CT molecular complexity index is 962. The molecule has 2 N–H and O–H groups in total. The maximum Gasteiger partial charge on any atom is 0.434 e. The third kappa shape index (κ3) is 4.89. The summed E-state index contributed by atoms with van der Waals surface area (Å²) in [6.07, 6.45) is -4.20. The SMILES string of the molecule is CC(C)[C@@H](Nc1nc(C(F)(F)F)cs1)C(=O)N1CC[C@](O)(c2ccc(Cl)cc2)C(C)(C)C1. The van der Waals surface area contributed by atoms with E-state index < -0.39 is 28.9 Å². The molecule has 1 aliphatic heterocycles. The number of piperidine rings is 1. The zero-order valence-electron chi connectivity index (χ0n) is 18.3. The predicted molar refractivity (Wildman–Crippen MR) is 120 cm³/mol. The predicted octanol–water partition coefficient (Wildman–Crippen LogP) is 5.40. The highest BCUT2D eigenvalue weighted by Crippen LogP contribution is 2.46. The minimum absolute atomic E-state index is 0.0540. The number of carbonyl (C=O) groups excluding carboxylic acids is 1. The molecule has 1 aromatic heterocycles. The van der Waals surface area contributed by atoms with Gasteiger partial charge in [0.2, 0.25) is 5.91 Å². The van der Waals surface area contributed by atoms with Crippen LogP contribution in [0.4, 0.5) is 18.3 Å². The van der Waals surface area contributed by atoms with E-state index in [2.05, 4.69) is 10.3 Å². The van der Waals surface area contributed by atoms with E-state index in [9.17, 15) is 23.1 Å². The third-order valence-electron chi connectivity index (χ3n) is 6.09. The lowest BCUT2D eigenvalue weighted by Crippen LogP contribution is -2.59. The molecule has 0 bridgehead atoms. The second kappa shape index (κ2) is 8.83. The van der Waals surface area contributed by atoms with Crippen LogP contribution >= 0.6 is 22.9 Å². The van der Waals surface area contributed by atoms with Crippen LogP contribution in [-0.2, 0) is 16.6 Å². The van der Waals surface area contributed by atoms with Gasteiger partial charge in [-0.1, -0.05) is 51.4 Å². The molecule has 1 saturated heterocycles. The number of amides is 1. The average molecular weight is 490 g/mol. The van der Waals surface area contributed by atoms with E-state index in [-0.39, 0.29) is 17.0 Å². The van der Waals surface area contributed by atoms with Crippen LogP contribution in [0.5, 0.6) is 0 Å². The van der Waals surface area contributed by atoms with E-state index in [1.54, 1.807) is 29.2 Å². The number of hydrogen-bond acceptors (Lipinski definition) is 5. The summed E-state index contributed by atoms with van der Waals surface area (Å²) in [6.45, 7) is 8.06. The Morgan fingerprint density at radius 1 is 1.28 bits per heavy atom. The number of nitrogens with one attached hydrogen (secondary N) is 1. The Hall–Kier alpha value is -1.84. The van der Waals surface area contributed by atoms with Crippen LogP contribution < -0.4 is 5.32 Å². The smallest absolute Gasteiger partial charge is 0.384 e. The second-order valence-corrected chi connectivity index (χ2v) is 10.5. The van der Waals surface area contributed by atoms with Gasteiger partial charge in [0, 0.05) is 28.9 Å². The number of aromatic nitrogens is 1. The van der Waals surface area contributed by atoms with Crippen molar-refractivity contribution in [1.29, 1.82) is 0 Å². The first kappa shape index (κ1) is 24.8. The van der Waals surface area contributed by atoms with Crippen molar-refractivity contribution in [2.24, 2.45) is 11.3 Å². The first-order valence-electron chi connectivity index (χ1n) is 10.3. The molecule has 2 atom stereocenters. The average Bonchev–Trinajstić information content (AvgIpc) is 3.17. The third-order valence-corrected chi connectivity index (χ3v) is 7.11. The molecule has 32 heavy (non-hydrogen) atoms. The Balaban J connectivity index is 1.77. The number of benzene rings is 1. The summed E-state index contributed by atoms with van der Waals surface area (Å²) in [5.74, 6) is -0.407. The minimum atomic E-state index is -4.53. The van der Waals surface area contributed by atoms with E-state index in [4.69, 9.17) is 11.6 Å². The van der Waals surface area contributed by atoms with Gasteiger partial charge in [-0.05, 0) is 30.0 Å². The highest BCUT2D eigenvalue weighted by atomic mass is 35.5. The monoisotopic (exact) mass is 489 g/mol. The molecule has 1 aromatic carbocycles. The van der Waals surface area contributed by atoms with Gasteiger partial charge >= 0.3 is 6.18 Å². The fourth-order valence-electron chi connectivity index (χ4n) is 4.08. The largest absolute Gasteiger partial charge is 0.434 e. The van der Waals surface area contributed by atoms with E-state index in [1.807, 2.05) is 27.7 Å². The maximum absolute atomic E-state index is 13.3. The quantitative estimate of drug-likeness (QED) is 0.590. The van der Waals surface area contributed by atoms with Gasteiger partial charge in [-0.3, -0.25) is 4.79 Å². The lowest BCUT2D eigenvalue weighted by molar-refractivity contribution is -0.154. The number of carbonyl (C=O) groups is 1. The van der Waals surface area contributed by atoms with E-state index in [0.717, 1.165) is 22.3 Å². The zero-order chi connectivity index (χ0) is 23.9. The summed E-state index contributed by atoms with van der Waals surface area (Å²) < 4.78 is 38.6. The van der Waals surface area contributed by atoms with Gasteiger partial charge < -0.3 is 15.3 Å². The molecule has 2 aromatic rings. The van der Waals surface area contributed by atoms with Gasteiger partial charge in [-0.2, -0.15) is 13.2 Å². The highest BCUT2D eigenvalue weighted by molar-refractivity contribution is 7.13. The molecule has 10 heteroatoms. The fourth-order valence-corrected chi connectivity index (χ4v) is 4.97. The summed E-state index contributed by atoms with van der Waals surface area (Å²) in [5.41, 5.74) is -2.06. The minimum Gasteiger partial charge on any atom is -0.384 e. The molecule has 176 valence electrons. The van der Waals surface area contributed by atoms with Gasteiger partial charge in [-0.15, -0.1) is 11.3 Å². The molecule has 0 aliphatic carbocycles. The van der Waals surface area contributed by atoms with Gasteiger partial charge in [0.25, 0.3) is 0 Å². The Kier molecular flexibility index (Phi) is 6.85. The Morgan fingerprint density at radius 3 is 2.41 bits per heavy atom. The number of aliphatic hydroxyl groups is 1. The molecule has 1 fully saturated rings. The normalized spacial score (nSPS) is 22.1. The van der Waals surface area contributed by atoms with E-state index in [0.29, 0.717) is 24.5 Å². The maximum atomic E-state index is 13.3. The molecule has 0 spiro atoms. The Morgan fingerprint density at radius 2 is 1.91 bits per heavy atom. The van der Waals surface area contributed by atoms with Gasteiger partial charge in [-0.25, -0.2) is 4.98 Å². The van der Waals surface area contributed by atoms with E-state index in [1.165, 1.54) is 0 Å². The topological polar surface area (TPSA) is 65.5 Å². The van der Waals surface area contributed by atoms with Crippen molar-refractivity contribution in [3.8, 4) is 0 Å². The summed E-state index contributed by atoms with van der Waals surface area (Å²) in [7, 11) is 0. The first-order valence-corrected chi connectivity index (χ1v) is 11.6. The van der Waals surface area contributed by atoms with Crippen molar-refractivity contribution < 1.29 is 23.1 Å². The first-order chi connectivity index (χ1) is 14.7. The van der Waals surface area contributed by atoms with Crippen molar-refractivity contribution in [2.45, 2.75) is 51.9 Å². The van der Waals surface area contributed by atoms with Crippen LogP contribution in [0.3, 0.4) is 0 Å². The van der Waals surface area contributed by atoms with Gasteiger partial charge in [0.1, 0.15) is 6.04 Å². The number of thiazole rings is 1. The number of nitrogens with zero attached hydrogens (tertiary/aromatic N) is 2. The Labute approximate surface area is 194 Å². The molecule has 1 amide bonds. The number of anilines is 1. The number of halogens is 4. The molecule has 2 heterocycles. The standard InChI is InChI=1S/C22H27ClF3N3O2S/c1-13(2)17(28-19-27-16(11-32-19)22(24,25)26)18(30)29-10-9-21(31,20(3,4)12-29)14-5-7-15(23)8-6-14/h5-8,11,13,17,31H,9-10,12H2,1-4H3,(H,27,28)/t17-,21+/m1/s1. The summed E-state index contributed by atoms with van der Waals surface area (Å²) in [5, 5.41) is 16.0. The highest BCUT2D eigenvalue weighted by Gasteiger charge is 2.50. The van der Waals surface area contributed by atoms with Crippen LogP contribution in [0.25, 0.3) is 0 Å². The molecule has 1 aliphatic rings. The summed E-state index contributed by atoms with van der Waals surface area (Å²) >= 11 is 6.80. The van der Waals surface area contributed by atoms with Crippen LogP contribution in [0.2, 0.25) is 5.02 Å². The number of rotatable bonds is 5. The summed E-state index contributed by atoms with van der Waals surface area (Å²) in [4.78, 5) is 18.6. The van der Waals surface area contributed by atoms with Gasteiger partial charge in [0.15, 0.2) is 10.8 Å². The van der Waals surface area contributed by atoms with Crippen molar-refractivity contribution >= 4 is 34.0 Å². The molecule has 5 nitrogen and oxygen atoms in total. The lowest BCUT2D eigenvalue weighted by Gasteiger charge is -2.51. The van der Waals surface area contributed by atoms with Crippen LogP contribution in [0.15, 0.2) is 29.6 Å². The lowest BCUT2D eigenvalue weighted by atomic mass is 9.66. The van der Waals surface area contributed by atoms with E-state index >= 15 is 0 Å². The van der Waals surface area contributed by atoms with Crippen molar-refractivity contribution in [2.75, 3.05) is 18.4 Å². The molecule has 0 unspecified atom stereocenters. The molecule has 0 radical (unpaired) electrons. The van der Waals surface area contributed by atoms with Crippen molar-refractivity contribution in [3.05, 3.63) is 45.9 Å². The fraction of sp³-hybridized carbons (Fsp3) is 0.545. The zero-order valence-corrected chi connectivity index (χ0v) is 19.9. The van der Waals surface area contributed by atoms with Crippen molar-refractivity contribution in [3.63, 3.8) is 0 Å². The van der Waals surface area contributed by atoms with Gasteiger partial charge in [0.05, 0.1) is 5.60 Å². The number of likely N-dealkylation sites (tertiary alicyclic amines) is 1. The molecular weight excluding hydrogens is 463 g/mol. The number of hydrogen-bond donors (Lipinski definition) is 2. The van der Waals surface area contributed by atoms with Crippen LogP contribution in [0, 0.1) is 11.3 Å². The van der Waals surface area contributed by atoms with Crippen LogP contribution in [0.1, 0.15) is 45.4 Å². The summed E-state index contributed by atoms with van der Waals surface area (Å²) in [6, 6.07) is 6.30. The number of alkyl halides is 3. The molecule has 0 saturated carbocycles. The van der Waals surface area contributed by atoms with Crippen molar-refractivity contribution in [1.82, 2.24) is 9.88 Å². The van der Waals surface area contributed by atoms with Crippen LogP contribution in [-0.4, -0.2) is 40.0 Å². The second-order valence-electron chi connectivity index (χ2n) is 9.16.